The van der Waals surface area contributed by atoms with Crippen LogP contribution in [0.15, 0.2) is 42.5 Å². The summed E-state index contributed by atoms with van der Waals surface area (Å²) < 4.78 is 16.3. The van der Waals surface area contributed by atoms with Crippen molar-refractivity contribution in [2.45, 2.75) is 19.3 Å². The zero-order valence-corrected chi connectivity index (χ0v) is 14.7. The third-order valence-electron chi connectivity index (χ3n) is 4.25. The van der Waals surface area contributed by atoms with Crippen molar-refractivity contribution in [1.29, 1.82) is 5.26 Å². The lowest BCUT2D eigenvalue weighted by Crippen LogP contribution is -2.34. The van der Waals surface area contributed by atoms with E-state index in [4.69, 9.17) is 19.5 Å². The summed E-state index contributed by atoms with van der Waals surface area (Å²) in [6.07, 6.45) is 0. The molecule has 1 N–H and O–H groups in total. The van der Waals surface area contributed by atoms with Gasteiger partial charge < -0.3 is 19.5 Å². The smallest absolute Gasteiger partial charge is 0.234 e. The Morgan fingerprint density at radius 3 is 2.54 bits per heavy atom. The monoisotopic (exact) mass is 352 g/mol. The number of rotatable bonds is 5. The molecule has 0 fully saturated rings. The van der Waals surface area contributed by atoms with Crippen molar-refractivity contribution in [2.75, 3.05) is 25.1 Å². The molecule has 2 aromatic carbocycles. The largest absolute Gasteiger partial charge is 0.486 e. The SMILES string of the molecule is CC(C)(C(=O)Nc1ccc(OCC#N)cc1)c1ccc2c(c1)OCCO2. The molecule has 2 aromatic rings. The van der Waals surface area contributed by atoms with E-state index in [1.807, 2.05) is 38.1 Å². The second-order valence-corrected chi connectivity index (χ2v) is 6.41. The Labute approximate surface area is 152 Å². The van der Waals surface area contributed by atoms with E-state index in [-0.39, 0.29) is 12.5 Å². The van der Waals surface area contributed by atoms with Gasteiger partial charge >= 0.3 is 0 Å². The van der Waals surface area contributed by atoms with Gasteiger partial charge in [0.15, 0.2) is 18.1 Å². The third kappa shape index (κ3) is 3.72. The lowest BCUT2D eigenvalue weighted by Gasteiger charge is -2.26. The van der Waals surface area contributed by atoms with Crippen molar-refractivity contribution in [3.63, 3.8) is 0 Å². The van der Waals surface area contributed by atoms with E-state index in [1.165, 1.54) is 0 Å². The molecule has 0 bridgehead atoms. The molecular formula is C20H20N2O4. The van der Waals surface area contributed by atoms with Crippen molar-refractivity contribution in [3.8, 4) is 23.3 Å². The molecule has 0 saturated heterocycles. The highest BCUT2D eigenvalue weighted by Crippen LogP contribution is 2.35. The zero-order valence-electron chi connectivity index (χ0n) is 14.7. The van der Waals surface area contributed by atoms with Crippen LogP contribution in [0.5, 0.6) is 17.2 Å². The standard InChI is InChI=1S/C20H20N2O4/c1-20(2,14-3-8-17-18(13-14)26-12-11-25-17)19(23)22-15-4-6-16(7-5-15)24-10-9-21/h3-8,13H,10-12H2,1-2H3,(H,22,23). The molecule has 0 atom stereocenters. The summed E-state index contributed by atoms with van der Waals surface area (Å²) in [5.41, 5.74) is 0.740. The van der Waals surface area contributed by atoms with Gasteiger partial charge in [-0.1, -0.05) is 6.07 Å². The summed E-state index contributed by atoms with van der Waals surface area (Å²) in [5, 5.41) is 11.4. The van der Waals surface area contributed by atoms with Crippen molar-refractivity contribution < 1.29 is 19.0 Å². The van der Waals surface area contributed by atoms with Crippen molar-refractivity contribution >= 4 is 11.6 Å². The van der Waals surface area contributed by atoms with Gasteiger partial charge in [0.25, 0.3) is 0 Å². The quantitative estimate of drug-likeness (QED) is 0.893. The maximum Gasteiger partial charge on any atom is 0.234 e. The summed E-state index contributed by atoms with van der Waals surface area (Å²) in [6, 6.07) is 14.4. The van der Waals surface area contributed by atoms with Gasteiger partial charge in [0.05, 0.1) is 5.41 Å². The highest BCUT2D eigenvalue weighted by atomic mass is 16.6. The molecule has 1 aliphatic heterocycles. The Kier molecular flexibility index (Phi) is 4.99. The number of carbonyl (C=O) groups excluding carboxylic acids is 1. The Balaban J connectivity index is 1.72. The Morgan fingerprint density at radius 2 is 1.85 bits per heavy atom. The summed E-state index contributed by atoms with van der Waals surface area (Å²) in [6.45, 7) is 4.74. The molecule has 0 unspecified atom stereocenters. The Bertz CT molecular complexity index is 838. The van der Waals surface area contributed by atoms with E-state index in [0.717, 1.165) is 5.56 Å². The lowest BCUT2D eigenvalue weighted by atomic mass is 9.83. The van der Waals surface area contributed by atoms with E-state index in [9.17, 15) is 4.79 Å². The highest BCUT2D eigenvalue weighted by molar-refractivity contribution is 5.98. The molecule has 1 aliphatic rings. The third-order valence-corrected chi connectivity index (χ3v) is 4.25. The number of hydrogen-bond acceptors (Lipinski definition) is 5. The average molecular weight is 352 g/mol. The second kappa shape index (κ2) is 7.36. The molecule has 0 radical (unpaired) electrons. The number of benzene rings is 2. The molecular weight excluding hydrogens is 332 g/mol. The number of hydrogen-bond donors (Lipinski definition) is 1. The second-order valence-electron chi connectivity index (χ2n) is 6.41. The number of fused-ring (bicyclic) bond motifs is 1. The minimum atomic E-state index is -0.758. The molecule has 6 heteroatoms. The van der Waals surface area contributed by atoms with Crippen LogP contribution in [0, 0.1) is 11.3 Å². The first-order valence-corrected chi connectivity index (χ1v) is 8.32. The molecule has 6 nitrogen and oxygen atoms in total. The van der Waals surface area contributed by atoms with E-state index in [1.54, 1.807) is 24.3 Å². The van der Waals surface area contributed by atoms with Crippen LogP contribution in [0.2, 0.25) is 0 Å². The van der Waals surface area contributed by atoms with Crippen molar-refractivity contribution in [2.24, 2.45) is 0 Å². The van der Waals surface area contributed by atoms with Crippen LogP contribution in [0.25, 0.3) is 0 Å². The average Bonchev–Trinajstić information content (AvgIpc) is 2.67. The van der Waals surface area contributed by atoms with Crippen LogP contribution in [0.1, 0.15) is 19.4 Å². The first-order valence-electron chi connectivity index (χ1n) is 8.32. The fraction of sp³-hybridized carbons (Fsp3) is 0.300. The first kappa shape index (κ1) is 17.6. The molecule has 134 valence electrons. The van der Waals surface area contributed by atoms with Crippen LogP contribution in [-0.2, 0) is 10.2 Å². The van der Waals surface area contributed by atoms with Crippen LogP contribution < -0.4 is 19.5 Å². The van der Waals surface area contributed by atoms with Crippen LogP contribution in [0.4, 0.5) is 5.69 Å². The maximum atomic E-state index is 12.8. The number of amides is 1. The Morgan fingerprint density at radius 1 is 1.15 bits per heavy atom. The van der Waals surface area contributed by atoms with Gasteiger partial charge in [-0.25, -0.2) is 0 Å². The van der Waals surface area contributed by atoms with E-state index >= 15 is 0 Å². The van der Waals surface area contributed by atoms with E-state index in [2.05, 4.69) is 5.32 Å². The molecule has 0 spiro atoms. The number of nitrogens with one attached hydrogen (secondary N) is 1. The minimum absolute atomic E-state index is 0.0111. The van der Waals surface area contributed by atoms with Crippen LogP contribution in [0.3, 0.4) is 0 Å². The minimum Gasteiger partial charge on any atom is -0.486 e. The first-order chi connectivity index (χ1) is 12.5. The number of carbonyl (C=O) groups is 1. The summed E-state index contributed by atoms with van der Waals surface area (Å²) in [5.74, 6) is 1.80. The predicted octanol–water partition coefficient (Wildman–Crippen LogP) is 3.28. The van der Waals surface area contributed by atoms with Gasteiger partial charge in [-0.2, -0.15) is 5.26 Å². The highest BCUT2D eigenvalue weighted by Gasteiger charge is 2.31. The van der Waals surface area contributed by atoms with Gasteiger partial charge in [0, 0.05) is 5.69 Å². The van der Waals surface area contributed by atoms with Gasteiger partial charge in [0.2, 0.25) is 5.91 Å². The van der Waals surface area contributed by atoms with E-state index in [0.29, 0.717) is 36.1 Å². The molecule has 0 aliphatic carbocycles. The van der Waals surface area contributed by atoms with Gasteiger partial charge in [-0.15, -0.1) is 0 Å². The number of nitrogens with zero attached hydrogens (tertiary/aromatic N) is 1. The van der Waals surface area contributed by atoms with Crippen LogP contribution >= 0.6 is 0 Å². The summed E-state index contributed by atoms with van der Waals surface area (Å²) in [7, 11) is 0. The van der Waals surface area contributed by atoms with Crippen molar-refractivity contribution in [1.82, 2.24) is 0 Å². The lowest BCUT2D eigenvalue weighted by molar-refractivity contribution is -0.120. The van der Waals surface area contributed by atoms with Gasteiger partial charge in [0.1, 0.15) is 25.0 Å². The molecule has 26 heavy (non-hydrogen) atoms. The Hall–Kier alpha value is -3.20. The normalized spacial score (nSPS) is 12.8. The number of ether oxygens (including phenoxy) is 3. The van der Waals surface area contributed by atoms with Gasteiger partial charge in [-0.3, -0.25) is 4.79 Å². The molecule has 1 amide bonds. The fourth-order valence-electron chi connectivity index (χ4n) is 2.60. The topological polar surface area (TPSA) is 80.6 Å². The molecule has 1 heterocycles. The number of anilines is 1. The summed E-state index contributed by atoms with van der Waals surface area (Å²) in [4.78, 5) is 12.8. The molecule has 0 aromatic heterocycles. The molecule has 3 rings (SSSR count). The molecule has 0 saturated carbocycles. The fourth-order valence-corrected chi connectivity index (χ4v) is 2.60. The predicted molar refractivity (Wildman–Crippen MR) is 96.6 cm³/mol. The maximum absolute atomic E-state index is 12.8. The van der Waals surface area contributed by atoms with Gasteiger partial charge in [-0.05, 0) is 55.8 Å². The summed E-state index contributed by atoms with van der Waals surface area (Å²) >= 11 is 0. The van der Waals surface area contributed by atoms with Crippen LogP contribution in [-0.4, -0.2) is 25.7 Å². The number of nitriles is 1. The zero-order chi connectivity index (χ0) is 18.6. The van der Waals surface area contributed by atoms with E-state index < -0.39 is 5.41 Å². The van der Waals surface area contributed by atoms with Crippen molar-refractivity contribution in [3.05, 3.63) is 48.0 Å².